The van der Waals surface area contributed by atoms with Crippen molar-refractivity contribution < 1.29 is 10.2 Å². The molecule has 3 heteroatoms. The lowest BCUT2D eigenvalue weighted by Crippen LogP contribution is -2.53. The first-order valence-electron chi connectivity index (χ1n) is 9.51. The molecule has 2 N–H and O–H groups in total. The van der Waals surface area contributed by atoms with Gasteiger partial charge in [0, 0.05) is 12.6 Å². The minimum atomic E-state index is -0.0475. The van der Waals surface area contributed by atoms with Gasteiger partial charge in [-0.25, -0.2) is 0 Å². The third-order valence-electron chi connectivity index (χ3n) is 8.33. The molecule has 3 nitrogen and oxygen atoms in total. The van der Waals surface area contributed by atoms with Crippen LogP contribution in [0, 0.1) is 28.6 Å². The Balaban J connectivity index is 1.59. The van der Waals surface area contributed by atoms with Crippen LogP contribution in [0.15, 0.2) is 0 Å². The van der Waals surface area contributed by atoms with E-state index in [2.05, 4.69) is 18.7 Å². The molecule has 22 heavy (non-hydrogen) atoms. The zero-order valence-corrected chi connectivity index (χ0v) is 14.3. The first-order chi connectivity index (χ1) is 10.5. The maximum absolute atomic E-state index is 10.2. The standard InChI is InChI=1S/C19H33NO2/c1-18-6-5-15-14(16(18)11-13(22)12-18)3-4-17-19(15,2)7-8-20(17)9-10-21/h13-17,21-22H,3-12H2,1-2H3/t13?,14?,15?,16?,17?,18-,19-/m1/s1. The molecule has 1 heterocycles. The van der Waals surface area contributed by atoms with E-state index in [1.165, 1.54) is 38.6 Å². The molecule has 5 unspecified atom stereocenters. The molecule has 1 aliphatic heterocycles. The second-order valence-electron chi connectivity index (χ2n) is 9.27. The van der Waals surface area contributed by atoms with Crippen LogP contribution in [0.4, 0.5) is 0 Å². The van der Waals surface area contributed by atoms with Gasteiger partial charge in [-0.15, -0.1) is 0 Å². The molecule has 4 fully saturated rings. The van der Waals surface area contributed by atoms with Crippen molar-refractivity contribution in [1.29, 1.82) is 0 Å². The SMILES string of the molecule is C[C@]12CCC3C(CCC4N(CCO)CC[C@]34C)C1CC(O)C2. The predicted octanol–water partition coefficient (Wildman–Crippen LogP) is 2.66. The molecule has 0 amide bonds. The minimum Gasteiger partial charge on any atom is -0.395 e. The lowest BCUT2D eigenvalue weighted by molar-refractivity contribution is -0.0736. The van der Waals surface area contributed by atoms with Gasteiger partial charge in [0.05, 0.1) is 12.7 Å². The summed E-state index contributed by atoms with van der Waals surface area (Å²) < 4.78 is 0. The number of rotatable bonds is 2. The van der Waals surface area contributed by atoms with Crippen LogP contribution in [0.25, 0.3) is 0 Å². The van der Waals surface area contributed by atoms with Crippen LogP contribution >= 0.6 is 0 Å². The van der Waals surface area contributed by atoms with E-state index < -0.39 is 0 Å². The molecule has 7 atom stereocenters. The summed E-state index contributed by atoms with van der Waals surface area (Å²) in [6.45, 7) is 7.33. The topological polar surface area (TPSA) is 43.7 Å². The maximum atomic E-state index is 10.2. The highest BCUT2D eigenvalue weighted by atomic mass is 16.3. The number of hydrogen-bond donors (Lipinski definition) is 2. The van der Waals surface area contributed by atoms with Gasteiger partial charge in [-0.3, -0.25) is 4.90 Å². The van der Waals surface area contributed by atoms with E-state index in [0.29, 0.717) is 23.5 Å². The fraction of sp³-hybridized carbons (Fsp3) is 1.00. The number of aliphatic hydroxyl groups is 2. The van der Waals surface area contributed by atoms with E-state index in [0.717, 1.165) is 37.1 Å². The van der Waals surface area contributed by atoms with Gasteiger partial charge in [0.1, 0.15) is 0 Å². The first-order valence-corrected chi connectivity index (χ1v) is 9.51. The number of fused-ring (bicyclic) bond motifs is 5. The Kier molecular flexibility index (Phi) is 3.63. The Labute approximate surface area is 135 Å². The molecule has 0 spiro atoms. The van der Waals surface area contributed by atoms with Crippen molar-refractivity contribution in [3.05, 3.63) is 0 Å². The summed E-state index contributed by atoms with van der Waals surface area (Å²) in [5, 5.41) is 19.6. The maximum Gasteiger partial charge on any atom is 0.0558 e. The van der Waals surface area contributed by atoms with Crippen molar-refractivity contribution in [2.45, 2.75) is 70.9 Å². The molecule has 1 saturated heterocycles. The zero-order valence-electron chi connectivity index (χ0n) is 14.3. The van der Waals surface area contributed by atoms with Gasteiger partial charge in [-0.2, -0.15) is 0 Å². The Bertz CT molecular complexity index is 441. The summed E-state index contributed by atoms with van der Waals surface area (Å²) in [4.78, 5) is 2.56. The summed E-state index contributed by atoms with van der Waals surface area (Å²) in [7, 11) is 0. The molecular formula is C19H33NO2. The van der Waals surface area contributed by atoms with Crippen molar-refractivity contribution in [2.24, 2.45) is 28.6 Å². The van der Waals surface area contributed by atoms with Crippen LogP contribution in [0.2, 0.25) is 0 Å². The van der Waals surface area contributed by atoms with Crippen molar-refractivity contribution in [2.75, 3.05) is 19.7 Å². The lowest BCUT2D eigenvalue weighted by atomic mass is 9.49. The smallest absolute Gasteiger partial charge is 0.0558 e. The second-order valence-corrected chi connectivity index (χ2v) is 9.27. The van der Waals surface area contributed by atoms with Crippen LogP contribution in [0.5, 0.6) is 0 Å². The fourth-order valence-corrected chi connectivity index (χ4v) is 7.35. The van der Waals surface area contributed by atoms with Crippen LogP contribution < -0.4 is 0 Å². The molecule has 0 aromatic carbocycles. The van der Waals surface area contributed by atoms with E-state index in [1.807, 2.05) is 0 Å². The summed E-state index contributed by atoms with van der Waals surface area (Å²) >= 11 is 0. The molecule has 0 bridgehead atoms. The van der Waals surface area contributed by atoms with Gasteiger partial charge in [-0.1, -0.05) is 13.8 Å². The molecule has 0 aromatic heterocycles. The van der Waals surface area contributed by atoms with Gasteiger partial charge in [0.2, 0.25) is 0 Å². The molecular weight excluding hydrogens is 274 g/mol. The zero-order chi connectivity index (χ0) is 15.5. The summed E-state index contributed by atoms with van der Waals surface area (Å²) in [5.41, 5.74) is 0.861. The normalized spacial score (nSPS) is 54.8. The molecule has 4 rings (SSSR count). The number of hydrogen-bond acceptors (Lipinski definition) is 3. The molecule has 4 aliphatic rings. The Morgan fingerprint density at radius 2 is 1.91 bits per heavy atom. The fourth-order valence-electron chi connectivity index (χ4n) is 7.35. The highest BCUT2D eigenvalue weighted by Gasteiger charge is 2.60. The van der Waals surface area contributed by atoms with Crippen molar-refractivity contribution >= 4 is 0 Å². The number of β-amino-alcohol motifs (C(OH)–C–C–N with tert-alkyl or cyclic N) is 1. The molecule has 0 aromatic rings. The van der Waals surface area contributed by atoms with Gasteiger partial charge in [0.15, 0.2) is 0 Å². The van der Waals surface area contributed by atoms with Crippen molar-refractivity contribution in [3.8, 4) is 0 Å². The molecule has 3 saturated carbocycles. The average molecular weight is 307 g/mol. The largest absolute Gasteiger partial charge is 0.395 e. The van der Waals surface area contributed by atoms with E-state index in [4.69, 9.17) is 0 Å². The quantitative estimate of drug-likeness (QED) is 0.824. The van der Waals surface area contributed by atoms with E-state index in [-0.39, 0.29) is 6.10 Å². The Morgan fingerprint density at radius 1 is 1.09 bits per heavy atom. The number of nitrogens with zero attached hydrogens (tertiary/aromatic N) is 1. The highest BCUT2D eigenvalue weighted by Crippen LogP contribution is 2.64. The van der Waals surface area contributed by atoms with E-state index >= 15 is 0 Å². The Hall–Kier alpha value is -0.120. The van der Waals surface area contributed by atoms with Crippen molar-refractivity contribution in [1.82, 2.24) is 4.90 Å². The third kappa shape index (κ3) is 2.04. The van der Waals surface area contributed by atoms with Gasteiger partial charge in [0.25, 0.3) is 0 Å². The minimum absolute atomic E-state index is 0.0475. The van der Waals surface area contributed by atoms with Crippen LogP contribution in [0.3, 0.4) is 0 Å². The lowest BCUT2D eigenvalue weighted by Gasteiger charge is -2.57. The molecule has 3 aliphatic carbocycles. The number of aliphatic hydroxyl groups excluding tert-OH is 2. The number of likely N-dealkylation sites (tertiary alicyclic amines) is 1. The van der Waals surface area contributed by atoms with Gasteiger partial charge >= 0.3 is 0 Å². The average Bonchev–Trinajstić information content (AvgIpc) is 2.95. The second kappa shape index (κ2) is 5.19. The van der Waals surface area contributed by atoms with E-state index in [9.17, 15) is 10.2 Å². The monoisotopic (exact) mass is 307 g/mol. The van der Waals surface area contributed by atoms with Crippen molar-refractivity contribution in [3.63, 3.8) is 0 Å². The van der Waals surface area contributed by atoms with Gasteiger partial charge < -0.3 is 10.2 Å². The predicted molar refractivity (Wildman–Crippen MR) is 87.5 cm³/mol. The van der Waals surface area contributed by atoms with E-state index in [1.54, 1.807) is 0 Å². The summed E-state index contributed by atoms with van der Waals surface area (Å²) in [6.07, 6.45) is 8.69. The van der Waals surface area contributed by atoms with Crippen LogP contribution in [-0.2, 0) is 0 Å². The third-order valence-corrected chi connectivity index (χ3v) is 8.33. The van der Waals surface area contributed by atoms with Crippen LogP contribution in [0.1, 0.15) is 58.8 Å². The molecule has 126 valence electrons. The Morgan fingerprint density at radius 3 is 2.68 bits per heavy atom. The summed E-state index contributed by atoms with van der Waals surface area (Å²) in [5.74, 6) is 2.44. The first kappa shape index (κ1) is 15.4. The molecule has 0 radical (unpaired) electrons. The van der Waals surface area contributed by atoms with Crippen LogP contribution in [-0.4, -0.2) is 47.0 Å². The summed E-state index contributed by atoms with van der Waals surface area (Å²) in [6, 6.07) is 0.691. The van der Waals surface area contributed by atoms with Gasteiger partial charge in [-0.05, 0) is 80.1 Å². The highest BCUT2D eigenvalue weighted by molar-refractivity contribution is 5.11.